The zero-order chi connectivity index (χ0) is 18.1. The maximum Gasteiger partial charge on any atom is 0.321 e. The molecular weight excluding hydrogens is 365 g/mol. The van der Waals surface area contributed by atoms with Crippen molar-refractivity contribution in [3.05, 3.63) is 57.1 Å². The van der Waals surface area contributed by atoms with E-state index in [2.05, 4.69) is 5.32 Å². The van der Waals surface area contributed by atoms with Crippen LogP contribution >= 0.6 is 23.2 Å². The number of carboxylic acids is 1. The standard InChI is InChI=1S/C18H17Cl2NO4/c1-24-15-6-9-5-14(18(22)23)21-17(12(9)8-16(15)25-2)11-4-3-10(19)7-13(11)20/h3-4,6-8,14,17,21H,5H2,1-2H3,(H,22,23)/t14-,17-/m0/s1. The topological polar surface area (TPSA) is 67.8 Å². The van der Waals surface area contributed by atoms with Crippen LogP contribution in [0.4, 0.5) is 0 Å². The summed E-state index contributed by atoms with van der Waals surface area (Å²) in [5.41, 5.74) is 2.53. The molecule has 132 valence electrons. The summed E-state index contributed by atoms with van der Waals surface area (Å²) in [7, 11) is 3.11. The average Bonchev–Trinajstić information content (AvgIpc) is 2.59. The molecule has 2 atom stereocenters. The van der Waals surface area contributed by atoms with Crippen molar-refractivity contribution in [1.82, 2.24) is 5.32 Å². The lowest BCUT2D eigenvalue weighted by atomic mass is 9.86. The number of carbonyl (C=O) groups is 1. The maximum absolute atomic E-state index is 11.6. The van der Waals surface area contributed by atoms with Crippen LogP contribution in [0.25, 0.3) is 0 Å². The molecule has 0 bridgehead atoms. The van der Waals surface area contributed by atoms with E-state index in [-0.39, 0.29) is 0 Å². The van der Waals surface area contributed by atoms with Crippen molar-refractivity contribution in [2.24, 2.45) is 0 Å². The maximum atomic E-state index is 11.6. The molecule has 0 saturated carbocycles. The Balaban J connectivity index is 2.17. The number of aliphatic carboxylic acids is 1. The second-order valence-corrected chi connectivity index (χ2v) is 6.61. The minimum absolute atomic E-state index is 0.340. The Kier molecular flexibility index (Phi) is 5.08. The lowest BCUT2D eigenvalue weighted by Gasteiger charge is -2.32. The van der Waals surface area contributed by atoms with Gasteiger partial charge in [0.2, 0.25) is 0 Å². The van der Waals surface area contributed by atoms with Gasteiger partial charge in [-0.25, -0.2) is 0 Å². The van der Waals surface area contributed by atoms with Crippen molar-refractivity contribution >= 4 is 29.2 Å². The number of fused-ring (bicyclic) bond motifs is 1. The van der Waals surface area contributed by atoms with Crippen LogP contribution in [0.2, 0.25) is 10.0 Å². The molecule has 0 unspecified atom stereocenters. The number of methoxy groups -OCH3 is 2. The van der Waals surface area contributed by atoms with Crippen molar-refractivity contribution in [3.8, 4) is 11.5 Å². The van der Waals surface area contributed by atoms with Crippen LogP contribution in [0.15, 0.2) is 30.3 Å². The Morgan fingerprint density at radius 3 is 2.40 bits per heavy atom. The lowest BCUT2D eigenvalue weighted by molar-refractivity contribution is -0.139. The van der Waals surface area contributed by atoms with E-state index >= 15 is 0 Å². The predicted molar refractivity (Wildman–Crippen MR) is 96.1 cm³/mol. The van der Waals surface area contributed by atoms with Gasteiger partial charge in [-0.3, -0.25) is 10.1 Å². The molecule has 0 saturated heterocycles. The van der Waals surface area contributed by atoms with E-state index in [0.717, 1.165) is 16.7 Å². The SMILES string of the molecule is COc1cc2c(cc1OC)[C@H](c1ccc(Cl)cc1Cl)N[C@H](C(=O)O)C2. The van der Waals surface area contributed by atoms with E-state index in [1.165, 1.54) is 0 Å². The second kappa shape index (κ2) is 7.12. The molecule has 2 N–H and O–H groups in total. The Morgan fingerprint density at radius 2 is 1.80 bits per heavy atom. The molecule has 3 rings (SSSR count). The Morgan fingerprint density at radius 1 is 1.12 bits per heavy atom. The van der Waals surface area contributed by atoms with Gasteiger partial charge in [-0.05, 0) is 47.4 Å². The number of nitrogens with one attached hydrogen (secondary N) is 1. The fraction of sp³-hybridized carbons (Fsp3) is 0.278. The summed E-state index contributed by atoms with van der Waals surface area (Å²) in [4.78, 5) is 11.6. The summed E-state index contributed by atoms with van der Waals surface area (Å²) in [6.07, 6.45) is 0.340. The number of benzene rings is 2. The highest BCUT2D eigenvalue weighted by Gasteiger charge is 2.33. The minimum Gasteiger partial charge on any atom is -0.493 e. The minimum atomic E-state index is -0.921. The van der Waals surface area contributed by atoms with Gasteiger partial charge in [0.1, 0.15) is 6.04 Å². The molecule has 1 aliphatic rings. The monoisotopic (exact) mass is 381 g/mol. The number of halogens is 2. The van der Waals surface area contributed by atoms with Gasteiger partial charge >= 0.3 is 5.97 Å². The number of hydrogen-bond acceptors (Lipinski definition) is 4. The average molecular weight is 382 g/mol. The number of ether oxygens (including phenoxy) is 2. The summed E-state index contributed by atoms with van der Waals surface area (Å²) in [6, 6.07) is 7.72. The molecule has 0 fully saturated rings. The molecule has 2 aromatic carbocycles. The van der Waals surface area contributed by atoms with Gasteiger partial charge in [0.15, 0.2) is 11.5 Å². The van der Waals surface area contributed by atoms with Crippen molar-refractivity contribution in [1.29, 1.82) is 0 Å². The van der Waals surface area contributed by atoms with Crippen LogP contribution < -0.4 is 14.8 Å². The molecule has 7 heteroatoms. The second-order valence-electron chi connectivity index (χ2n) is 5.77. The predicted octanol–water partition coefficient (Wildman–Crippen LogP) is 3.70. The van der Waals surface area contributed by atoms with Crippen LogP contribution in [0.5, 0.6) is 11.5 Å². The molecule has 0 amide bonds. The fourth-order valence-corrected chi connectivity index (χ4v) is 3.62. The summed E-state index contributed by atoms with van der Waals surface area (Å²) < 4.78 is 10.7. The van der Waals surface area contributed by atoms with Crippen molar-refractivity contribution in [2.75, 3.05) is 14.2 Å². The summed E-state index contributed by atoms with van der Waals surface area (Å²) in [6.45, 7) is 0. The zero-order valence-electron chi connectivity index (χ0n) is 13.7. The van der Waals surface area contributed by atoms with Crippen LogP contribution in [0.1, 0.15) is 22.7 Å². The van der Waals surface area contributed by atoms with E-state index in [4.69, 9.17) is 32.7 Å². The first kappa shape index (κ1) is 17.9. The summed E-state index contributed by atoms with van der Waals surface area (Å²) in [5.74, 6) is 0.218. The molecule has 2 aromatic rings. The highest BCUT2D eigenvalue weighted by molar-refractivity contribution is 6.35. The third-order valence-corrected chi connectivity index (χ3v) is 4.88. The molecule has 5 nitrogen and oxygen atoms in total. The van der Waals surface area contributed by atoms with Crippen LogP contribution in [0.3, 0.4) is 0 Å². The molecule has 0 spiro atoms. The molecule has 1 aliphatic heterocycles. The molecule has 1 heterocycles. The van der Waals surface area contributed by atoms with E-state index in [1.54, 1.807) is 32.4 Å². The van der Waals surface area contributed by atoms with Crippen LogP contribution in [0, 0.1) is 0 Å². The Bertz CT molecular complexity index is 825. The van der Waals surface area contributed by atoms with Gasteiger partial charge in [-0.15, -0.1) is 0 Å². The van der Waals surface area contributed by atoms with E-state index < -0.39 is 18.1 Å². The molecular formula is C18H17Cl2NO4. The van der Waals surface area contributed by atoms with Gasteiger partial charge < -0.3 is 14.6 Å². The van der Waals surface area contributed by atoms with E-state index in [1.807, 2.05) is 12.1 Å². The largest absolute Gasteiger partial charge is 0.493 e. The number of carboxylic acid groups (broad SMARTS) is 1. The molecule has 0 aromatic heterocycles. The third-order valence-electron chi connectivity index (χ3n) is 4.32. The first-order valence-electron chi connectivity index (χ1n) is 7.63. The zero-order valence-corrected chi connectivity index (χ0v) is 15.2. The van der Waals surface area contributed by atoms with Crippen LogP contribution in [-0.2, 0) is 11.2 Å². The summed E-state index contributed by atoms with van der Waals surface area (Å²) >= 11 is 12.3. The third kappa shape index (κ3) is 3.40. The number of rotatable bonds is 4. The first-order chi connectivity index (χ1) is 11.9. The lowest BCUT2D eigenvalue weighted by Crippen LogP contribution is -2.45. The Hall–Kier alpha value is -1.95. The van der Waals surface area contributed by atoms with E-state index in [9.17, 15) is 9.90 Å². The van der Waals surface area contributed by atoms with Crippen LogP contribution in [-0.4, -0.2) is 31.3 Å². The molecule has 25 heavy (non-hydrogen) atoms. The van der Waals surface area contributed by atoms with Crippen molar-refractivity contribution in [2.45, 2.75) is 18.5 Å². The number of hydrogen-bond donors (Lipinski definition) is 2. The quantitative estimate of drug-likeness (QED) is 0.844. The molecule has 0 radical (unpaired) electrons. The smallest absolute Gasteiger partial charge is 0.321 e. The highest BCUT2D eigenvalue weighted by Crippen LogP contribution is 2.40. The van der Waals surface area contributed by atoms with E-state index in [0.29, 0.717) is 28.0 Å². The van der Waals surface area contributed by atoms with Gasteiger partial charge in [-0.2, -0.15) is 0 Å². The van der Waals surface area contributed by atoms with Gasteiger partial charge in [0, 0.05) is 10.0 Å². The highest BCUT2D eigenvalue weighted by atomic mass is 35.5. The summed E-state index contributed by atoms with van der Waals surface area (Å²) in [5, 5.41) is 13.6. The van der Waals surface area contributed by atoms with Gasteiger partial charge in [0.25, 0.3) is 0 Å². The van der Waals surface area contributed by atoms with Crippen molar-refractivity contribution in [3.63, 3.8) is 0 Å². The fourth-order valence-electron chi connectivity index (χ4n) is 3.10. The Labute approximate surface area is 155 Å². The first-order valence-corrected chi connectivity index (χ1v) is 8.38. The normalized spacial score (nSPS) is 19.2. The van der Waals surface area contributed by atoms with Crippen molar-refractivity contribution < 1.29 is 19.4 Å². The molecule has 0 aliphatic carbocycles. The van der Waals surface area contributed by atoms with Gasteiger partial charge in [-0.1, -0.05) is 29.3 Å². The van der Waals surface area contributed by atoms with Gasteiger partial charge in [0.05, 0.1) is 20.3 Å².